The minimum atomic E-state index is -3.69. The van der Waals surface area contributed by atoms with Crippen LogP contribution in [-0.2, 0) is 10.0 Å². The monoisotopic (exact) mass is 464 g/mol. The summed E-state index contributed by atoms with van der Waals surface area (Å²) >= 11 is 0. The van der Waals surface area contributed by atoms with Crippen LogP contribution in [-0.4, -0.2) is 30.7 Å². The number of sulfonamides is 1. The van der Waals surface area contributed by atoms with E-state index in [4.69, 9.17) is 0 Å². The lowest BCUT2D eigenvalue weighted by Crippen LogP contribution is -2.24. The molecule has 0 aliphatic heterocycles. The number of unbranched alkanes of at least 4 members (excludes halogenated alkanes) is 3. The fraction of sp³-hybridized carbons (Fsp3) is 0.350. The molecule has 32 heavy (non-hydrogen) atoms. The first-order chi connectivity index (χ1) is 15.1. The average Bonchev–Trinajstić information content (AvgIpc) is 2.73. The summed E-state index contributed by atoms with van der Waals surface area (Å²) in [6.45, 7) is 3.70. The minimum Gasteiger partial charge on any atom is -0.322 e. The van der Waals surface area contributed by atoms with Crippen molar-refractivity contribution < 1.29 is 23.1 Å². The molecule has 0 bridgehead atoms. The number of non-ortho nitro benzene ring substituents is 1. The first-order valence-corrected chi connectivity index (χ1v) is 11.4. The van der Waals surface area contributed by atoms with E-state index in [1.54, 1.807) is 0 Å². The van der Waals surface area contributed by atoms with Crippen molar-refractivity contribution in [2.75, 3.05) is 11.9 Å². The number of rotatable bonds is 11. The third kappa shape index (κ3) is 6.31. The third-order valence-corrected chi connectivity index (χ3v) is 6.24. The molecule has 12 heteroatoms. The molecule has 0 aromatic heterocycles. The lowest BCUT2D eigenvalue weighted by molar-refractivity contribution is -0.394. The summed E-state index contributed by atoms with van der Waals surface area (Å²) < 4.78 is 27.2. The van der Waals surface area contributed by atoms with E-state index >= 15 is 0 Å². The van der Waals surface area contributed by atoms with Gasteiger partial charge in [0, 0.05) is 23.9 Å². The predicted octanol–water partition coefficient (Wildman–Crippen LogP) is 3.92. The van der Waals surface area contributed by atoms with Gasteiger partial charge in [0.1, 0.15) is 0 Å². The van der Waals surface area contributed by atoms with Gasteiger partial charge >= 0.3 is 0 Å². The second-order valence-electron chi connectivity index (χ2n) is 7.09. The molecule has 0 radical (unpaired) electrons. The number of nitrogens with one attached hydrogen (secondary N) is 2. The highest BCUT2D eigenvalue weighted by molar-refractivity contribution is 7.89. The standard InChI is InChI=1S/C20H24N4O7S/c1-3-4-5-6-11-21-32(30,31)17-9-7-15(8-10-17)22-20(25)18-12-16(23(26)27)13-19(14(18)2)24(28)29/h7-10,12-13,21H,3-6,11H2,1-2H3,(H,22,25). The highest BCUT2D eigenvalue weighted by Crippen LogP contribution is 2.28. The van der Waals surface area contributed by atoms with Crippen LogP contribution < -0.4 is 10.0 Å². The molecule has 0 saturated heterocycles. The predicted molar refractivity (Wildman–Crippen MR) is 118 cm³/mol. The lowest BCUT2D eigenvalue weighted by Gasteiger charge is -2.10. The molecule has 0 saturated carbocycles. The summed E-state index contributed by atoms with van der Waals surface area (Å²) in [4.78, 5) is 33.3. The van der Waals surface area contributed by atoms with E-state index in [1.165, 1.54) is 31.2 Å². The molecule has 0 atom stereocenters. The van der Waals surface area contributed by atoms with Crippen LogP contribution in [0.5, 0.6) is 0 Å². The summed E-state index contributed by atoms with van der Waals surface area (Å²) in [5.74, 6) is -0.793. The van der Waals surface area contributed by atoms with Crippen molar-refractivity contribution in [3.05, 3.63) is 67.8 Å². The molecule has 0 heterocycles. The molecule has 2 rings (SSSR count). The molecule has 11 nitrogen and oxygen atoms in total. The van der Waals surface area contributed by atoms with Gasteiger partial charge < -0.3 is 5.32 Å². The molecule has 2 aromatic rings. The number of benzene rings is 2. The van der Waals surface area contributed by atoms with Crippen molar-refractivity contribution in [1.29, 1.82) is 0 Å². The maximum atomic E-state index is 12.6. The molecule has 1 amide bonds. The average molecular weight is 465 g/mol. The number of nitro benzene ring substituents is 2. The van der Waals surface area contributed by atoms with Crippen LogP contribution in [0.15, 0.2) is 41.3 Å². The molecule has 0 spiro atoms. The molecule has 0 fully saturated rings. The highest BCUT2D eigenvalue weighted by Gasteiger charge is 2.25. The van der Waals surface area contributed by atoms with Crippen LogP contribution in [0.1, 0.15) is 48.5 Å². The maximum absolute atomic E-state index is 12.6. The van der Waals surface area contributed by atoms with E-state index in [2.05, 4.69) is 17.0 Å². The van der Waals surface area contributed by atoms with Gasteiger partial charge in [0.2, 0.25) is 10.0 Å². The number of carbonyl (C=O) groups is 1. The van der Waals surface area contributed by atoms with E-state index in [9.17, 15) is 33.4 Å². The molecule has 2 aromatic carbocycles. The first kappa shape index (κ1) is 24.9. The number of anilines is 1. The van der Waals surface area contributed by atoms with Gasteiger partial charge in [-0.05, 0) is 37.6 Å². The number of amides is 1. The molecule has 0 unspecified atom stereocenters. The quantitative estimate of drug-likeness (QED) is 0.289. The van der Waals surface area contributed by atoms with Gasteiger partial charge in [-0.2, -0.15) is 0 Å². The molecule has 2 N–H and O–H groups in total. The zero-order chi connectivity index (χ0) is 23.9. The number of nitro groups is 2. The summed E-state index contributed by atoms with van der Waals surface area (Å²) in [6, 6.07) is 7.11. The topological polar surface area (TPSA) is 162 Å². The van der Waals surface area contributed by atoms with Gasteiger partial charge in [-0.1, -0.05) is 26.2 Å². The normalized spacial score (nSPS) is 11.2. The van der Waals surface area contributed by atoms with E-state index in [1.807, 2.05) is 0 Å². The summed E-state index contributed by atoms with van der Waals surface area (Å²) in [6.07, 6.45) is 3.74. The van der Waals surface area contributed by atoms with E-state index in [-0.39, 0.29) is 21.7 Å². The molecule has 0 aliphatic carbocycles. The Morgan fingerprint density at radius 1 is 1.00 bits per heavy atom. The van der Waals surface area contributed by atoms with Crippen molar-refractivity contribution in [1.82, 2.24) is 4.72 Å². The zero-order valence-corrected chi connectivity index (χ0v) is 18.5. The molecular formula is C20H24N4O7S. The number of carbonyl (C=O) groups excluding carboxylic acids is 1. The fourth-order valence-electron chi connectivity index (χ4n) is 2.97. The van der Waals surface area contributed by atoms with Crippen molar-refractivity contribution in [3.8, 4) is 0 Å². The second-order valence-corrected chi connectivity index (χ2v) is 8.86. The van der Waals surface area contributed by atoms with Crippen LogP contribution in [0.3, 0.4) is 0 Å². The van der Waals surface area contributed by atoms with Crippen LogP contribution in [0, 0.1) is 27.2 Å². The summed E-state index contributed by atoms with van der Waals surface area (Å²) in [5.41, 5.74) is -1.15. The maximum Gasteiger partial charge on any atom is 0.279 e. The third-order valence-electron chi connectivity index (χ3n) is 4.76. The first-order valence-electron chi connectivity index (χ1n) is 9.91. The van der Waals surface area contributed by atoms with Crippen molar-refractivity contribution in [3.63, 3.8) is 0 Å². The number of hydrogen-bond acceptors (Lipinski definition) is 7. The molecule has 172 valence electrons. The number of hydrogen-bond donors (Lipinski definition) is 2. The Balaban J connectivity index is 2.16. The Bertz CT molecular complexity index is 1120. The molecule has 0 aliphatic rings. The van der Waals surface area contributed by atoms with Crippen molar-refractivity contribution in [2.45, 2.75) is 44.4 Å². The SMILES string of the molecule is CCCCCCNS(=O)(=O)c1ccc(NC(=O)c2cc([N+](=O)[O-])cc([N+](=O)[O-])c2C)cc1. The Morgan fingerprint density at radius 2 is 1.66 bits per heavy atom. The van der Waals surface area contributed by atoms with Crippen LogP contribution in [0.2, 0.25) is 0 Å². The smallest absolute Gasteiger partial charge is 0.279 e. The summed E-state index contributed by atoms with van der Waals surface area (Å²) in [7, 11) is -3.69. The van der Waals surface area contributed by atoms with Gasteiger partial charge in [-0.3, -0.25) is 25.0 Å². The second kappa shape index (κ2) is 10.8. The van der Waals surface area contributed by atoms with Gasteiger partial charge in [0.25, 0.3) is 17.3 Å². The van der Waals surface area contributed by atoms with Crippen molar-refractivity contribution >= 4 is 33.0 Å². The zero-order valence-electron chi connectivity index (χ0n) is 17.7. The largest absolute Gasteiger partial charge is 0.322 e. The molecular weight excluding hydrogens is 440 g/mol. The van der Waals surface area contributed by atoms with Gasteiger partial charge in [0.15, 0.2) is 0 Å². The van der Waals surface area contributed by atoms with E-state index < -0.39 is 37.2 Å². The minimum absolute atomic E-state index is 0.0214. The van der Waals surface area contributed by atoms with Gasteiger partial charge in [-0.25, -0.2) is 13.1 Å². The van der Waals surface area contributed by atoms with Crippen LogP contribution >= 0.6 is 0 Å². The summed E-state index contributed by atoms with van der Waals surface area (Å²) in [5, 5.41) is 24.7. The van der Waals surface area contributed by atoms with Gasteiger partial charge in [0.05, 0.1) is 26.4 Å². The lowest BCUT2D eigenvalue weighted by atomic mass is 10.0. The Labute approximate surface area is 185 Å². The fourth-order valence-corrected chi connectivity index (χ4v) is 4.05. The van der Waals surface area contributed by atoms with Crippen molar-refractivity contribution in [2.24, 2.45) is 0 Å². The van der Waals surface area contributed by atoms with Gasteiger partial charge in [-0.15, -0.1) is 0 Å². The van der Waals surface area contributed by atoms with E-state index in [0.29, 0.717) is 6.54 Å². The Kier molecular flexibility index (Phi) is 8.38. The van der Waals surface area contributed by atoms with E-state index in [0.717, 1.165) is 37.8 Å². The Hall–Kier alpha value is -3.38. The highest BCUT2D eigenvalue weighted by atomic mass is 32.2. The van der Waals surface area contributed by atoms with Crippen LogP contribution in [0.4, 0.5) is 17.1 Å². The van der Waals surface area contributed by atoms with Crippen LogP contribution in [0.25, 0.3) is 0 Å². The number of nitrogens with zero attached hydrogens (tertiary/aromatic N) is 2. The Morgan fingerprint density at radius 3 is 2.22 bits per heavy atom.